The number of aromatic amines is 1. The van der Waals surface area contributed by atoms with E-state index in [0.717, 1.165) is 63.3 Å². The van der Waals surface area contributed by atoms with E-state index in [1.165, 1.54) is 5.69 Å². The number of H-pyrrole nitrogens is 1. The van der Waals surface area contributed by atoms with Crippen LogP contribution in [0.3, 0.4) is 0 Å². The number of carbonyl (C=O) groups is 1. The summed E-state index contributed by atoms with van der Waals surface area (Å²) >= 11 is 1.87. The second kappa shape index (κ2) is 7.71. The Morgan fingerprint density at radius 1 is 1.43 bits per heavy atom. The Morgan fingerprint density at radius 3 is 3.04 bits per heavy atom. The minimum atomic E-state index is 0.379. The molecule has 1 amide bonds. The lowest BCUT2D eigenvalue weighted by Crippen LogP contribution is -2.56. The molecule has 3 heterocycles. The van der Waals surface area contributed by atoms with Gasteiger partial charge < -0.3 is 9.88 Å². The van der Waals surface area contributed by atoms with Crippen LogP contribution < -0.4 is 0 Å². The number of fused-ring (bicyclic) bond motifs is 1. The lowest BCUT2D eigenvalue weighted by Gasteiger charge is -2.47. The highest BCUT2D eigenvalue weighted by Crippen LogP contribution is 2.32. The van der Waals surface area contributed by atoms with Gasteiger partial charge in [0, 0.05) is 44.3 Å². The van der Waals surface area contributed by atoms with Gasteiger partial charge in [0.2, 0.25) is 5.91 Å². The van der Waals surface area contributed by atoms with Crippen LogP contribution in [0.25, 0.3) is 0 Å². The zero-order chi connectivity index (χ0) is 16.2. The van der Waals surface area contributed by atoms with Gasteiger partial charge in [0.05, 0.1) is 12.0 Å². The summed E-state index contributed by atoms with van der Waals surface area (Å²) in [5.74, 6) is 2.16. The third kappa shape index (κ3) is 3.91. The maximum atomic E-state index is 12.3. The Hall–Kier alpha value is -1.01. The molecule has 0 unspecified atom stereocenters. The first kappa shape index (κ1) is 16.8. The van der Waals surface area contributed by atoms with Gasteiger partial charge in [-0.1, -0.05) is 0 Å². The van der Waals surface area contributed by atoms with Crippen LogP contribution in [0.2, 0.25) is 0 Å². The summed E-state index contributed by atoms with van der Waals surface area (Å²) in [5, 5.41) is 0. The fourth-order valence-corrected chi connectivity index (χ4v) is 4.42. The average molecular weight is 337 g/mol. The summed E-state index contributed by atoms with van der Waals surface area (Å²) in [5.41, 5.74) is 2.33. The van der Waals surface area contributed by atoms with E-state index in [9.17, 15) is 4.79 Å². The molecule has 2 saturated heterocycles. The van der Waals surface area contributed by atoms with Crippen molar-refractivity contribution in [3.63, 3.8) is 0 Å². The highest BCUT2D eigenvalue weighted by atomic mass is 32.2. The molecule has 2 aliphatic rings. The van der Waals surface area contributed by atoms with E-state index in [1.807, 2.05) is 11.8 Å². The quantitative estimate of drug-likeness (QED) is 0.810. The third-order valence-corrected chi connectivity index (χ3v) is 5.98. The van der Waals surface area contributed by atoms with Crippen LogP contribution in [-0.4, -0.2) is 63.4 Å². The molecule has 1 aromatic rings. The van der Waals surface area contributed by atoms with E-state index < -0.39 is 0 Å². The predicted octanol–water partition coefficient (Wildman–Crippen LogP) is 2.28. The maximum absolute atomic E-state index is 12.3. The van der Waals surface area contributed by atoms with Crippen LogP contribution in [0.15, 0.2) is 6.33 Å². The second-order valence-electron chi connectivity index (χ2n) is 6.80. The SMILES string of the molecule is CSCCCN1C(=O)CC[C@H]2CN(Cc3nc[nH]c3C)CC[C@H]21. The number of nitrogens with one attached hydrogen (secondary N) is 1. The Morgan fingerprint density at radius 2 is 2.30 bits per heavy atom. The molecular formula is C17H28N4OS. The van der Waals surface area contributed by atoms with Crippen molar-refractivity contribution in [1.29, 1.82) is 0 Å². The van der Waals surface area contributed by atoms with Crippen LogP contribution >= 0.6 is 11.8 Å². The number of aryl methyl sites for hydroxylation is 1. The van der Waals surface area contributed by atoms with E-state index in [1.54, 1.807) is 6.33 Å². The number of piperidine rings is 2. The predicted molar refractivity (Wildman–Crippen MR) is 94.4 cm³/mol. The van der Waals surface area contributed by atoms with Crippen LogP contribution in [0.1, 0.15) is 37.1 Å². The largest absolute Gasteiger partial charge is 0.348 e. The van der Waals surface area contributed by atoms with Gasteiger partial charge in [-0.15, -0.1) is 0 Å². The summed E-state index contributed by atoms with van der Waals surface area (Å²) in [6.45, 7) is 6.13. The van der Waals surface area contributed by atoms with Crippen molar-refractivity contribution in [2.45, 2.75) is 45.2 Å². The first-order chi connectivity index (χ1) is 11.2. The van der Waals surface area contributed by atoms with Gasteiger partial charge >= 0.3 is 0 Å². The smallest absolute Gasteiger partial charge is 0.222 e. The number of aromatic nitrogens is 2. The molecule has 0 saturated carbocycles. The van der Waals surface area contributed by atoms with E-state index in [0.29, 0.717) is 17.9 Å². The van der Waals surface area contributed by atoms with Crippen LogP contribution in [-0.2, 0) is 11.3 Å². The molecule has 0 spiro atoms. The molecule has 2 atom stereocenters. The highest BCUT2D eigenvalue weighted by molar-refractivity contribution is 7.98. The Kier molecular flexibility index (Phi) is 5.64. The number of imidazole rings is 1. The van der Waals surface area contributed by atoms with E-state index in [-0.39, 0.29) is 0 Å². The molecule has 5 nitrogen and oxygen atoms in total. The molecule has 2 aliphatic heterocycles. The molecule has 128 valence electrons. The molecule has 2 fully saturated rings. The Bertz CT molecular complexity index is 532. The molecule has 23 heavy (non-hydrogen) atoms. The van der Waals surface area contributed by atoms with Gasteiger partial charge in [0.15, 0.2) is 0 Å². The molecule has 3 rings (SSSR count). The van der Waals surface area contributed by atoms with Crippen molar-refractivity contribution in [3.05, 3.63) is 17.7 Å². The first-order valence-corrected chi connectivity index (χ1v) is 10.1. The molecule has 0 aromatic carbocycles. The number of rotatable bonds is 6. The fourth-order valence-electron chi connectivity index (χ4n) is 4.00. The number of hydrogen-bond donors (Lipinski definition) is 1. The number of thioether (sulfide) groups is 1. The molecule has 0 bridgehead atoms. The summed E-state index contributed by atoms with van der Waals surface area (Å²) in [4.78, 5) is 24.6. The minimum absolute atomic E-state index is 0.379. The topological polar surface area (TPSA) is 52.2 Å². The maximum Gasteiger partial charge on any atom is 0.222 e. The van der Waals surface area contributed by atoms with Crippen molar-refractivity contribution >= 4 is 17.7 Å². The zero-order valence-corrected chi connectivity index (χ0v) is 15.1. The zero-order valence-electron chi connectivity index (χ0n) is 14.3. The Balaban J connectivity index is 1.58. The summed E-state index contributed by atoms with van der Waals surface area (Å²) < 4.78 is 0. The average Bonchev–Trinajstić information content (AvgIpc) is 2.95. The van der Waals surface area contributed by atoms with Crippen molar-refractivity contribution in [1.82, 2.24) is 19.8 Å². The monoisotopic (exact) mass is 336 g/mol. The molecule has 0 aliphatic carbocycles. The van der Waals surface area contributed by atoms with Crippen molar-refractivity contribution in [3.8, 4) is 0 Å². The molecule has 6 heteroatoms. The molecule has 1 aromatic heterocycles. The van der Waals surface area contributed by atoms with Gasteiger partial charge in [0.25, 0.3) is 0 Å². The first-order valence-electron chi connectivity index (χ1n) is 8.68. The van der Waals surface area contributed by atoms with E-state index in [4.69, 9.17) is 0 Å². The van der Waals surface area contributed by atoms with E-state index >= 15 is 0 Å². The molecular weight excluding hydrogens is 308 g/mol. The lowest BCUT2D eigenvalue weighted by molar-refractivity contribution is -0.141. The van der Waals surface area contributed by atoms with Crippen molar-refractivity contribution < 1.29 is 4.79 Å². The Labute approximate surface area is 143 Å². The van der Waals surface area contributed by atoms with Crippen LogP contribution in [0.5, 0.6) is 0 Å². The van der Waals surface area contributed by atoms with Gasteiger partial charge in [-0.05, 0) is 44.1 Å². The number of hydrogen-bond acceptors (Lipinski definition) is 4. The van der Waals surface area contributed by atoms with Crippen LogP contribution in [0.4, 0.5) is 0 Å². The number of likely N-dealkylation sites (tertiary alicyclic amines) is 2. The van der Waals surface area contributed by atoms with Gasteiger partial charge in [0.1, 0.15) is 0 Å². The molecule has 1 N–H and O–H groups in total. The van der Waals surface area contributed by atoms with E-state index in [2.05, 4.69) is 32.9 Å². The normalized spacial score (nSPS) is 25.7. The fraction of sp³-hybridized carbons (Fsp3) is 0.765. The van der Waals surface area contributed by atoms with Crippen molar-refractivity contribution in [2.24, 2.45) is 5.92 Å². The van der Waals surface area contributed by atoms with Gasteiger partial charge in [-0.2, -0.15) is 11.8 Å². The highest BCUT2D eigenvalue weighted by Gasteiger charge is 2.38. The summed E-state index contributed by atoms with van der Waals surface area (Å²) in [6, 6.07) is 0.467. The van der Waals surface area contributed by atoms with Gasteiger partial charge in [-0.25, -0.2) is 4.98 Å². The number of amides is 1. The summed E-state index contributed by atoms with van der Waals surface area (Å²) in [7, 11) is 0. The molecule has 0 radical (unpaired) electrons. The second-order valence-corrected chi connectivity index (χ2v) is 7.78. The van der Waals surface area contributed by atoms with Gasteiger partial charge in [-0.3, -0.25) is 9.69 Å². The minimum Gasteiger partial charge on any atom is -0.348 e. The summed E-state index contributed by atoms with van der Waals surface area (Å²) in [6.07, 6.45) is 7.93. The van der Waals surface area contributed by atoms with Crippen LogP contribution in [0, 0.1) is 12.8 Å². The number of carbonyl (C=O) groups excluding carboxylic acids is 1. The third-order valence-electron chi connectivity index (χ3n) is 5.28. The lowest BCUT2D eigenvalue weighted by atomic mass is 9.83. The van der Waals surface area contributed by atoms with Crippen molar-refractivity contribution in [2.75, 3.05) is 31.6 Å². The number of nitrogens with zero attached hydrogens (tertiary/aromatic N) is 3. The standard InChI is InChI=1S/C17H28N4OS/c1-13-15(19-12-18-13)11-20-8-6-16-14(10-20)4-5-17(22)21(16)7-3-9-23-2/h12,14,16H,3-11H2,1-2H3,(H,18,19)/t14-,16+/m0/s1.